The molecule has 2 aromatic rings. The lowest BCUT2D eigenvalue weighted by molar-refractivity contribution is -0.126. The molecule has 0 radical (unpaired) electrons. The van der Waals surface area contributed by atoms with Gasteiger partial charge in [-0.25, -0.2) is 8.78 Å². The van der Waals surface area contributed by atoms with E-state index in [1.54, 1.807) is 16.7 Å². The summed E-state index contributed by atoms with van der Waals surface area (Å²) in [4.78, 5) is 14.2. The fourth-order valence-corrected chi connectivity index (χ4v) is 4.03. The lowest BCUT2D eigenvalue weighted by atomic mass is 10.1. The van der Waals surface area contributed by atoms with Crippen LogP contribution in [-0.4, -0.2) is 23.1 Å². The summed E-state index contributed by atoms with van der Waals surface area (Å²) in [5.74, 6) is -0.459. The standard InChI is InChI=1S/C18H14BrF2NOS/c19-14-4-1-12(2-5-14)18-22(9-10-24-18)17(23)8-3-13-11-15(20)6-7-16(13)21/h1-8,11,18H,9-10H2/b8-3+. The van der Waals surface area contributed by atoms with E-state index in [2.05, 4.69) is 15.9 Å². The Labute approximate surface area is 151 Å². The molecular weight excluding hydrogens is 396 g/mol. The fraction of sp³-hybridized carbons (Fsp3) is 0.167. The molecule has 6 heteroatoms. The van der Waals surface area contributed by atoms with Crippen molar-refractivity contribution in [2.45, 2.75) is 5.37 Å². The van der Waals surface area contributed by atoms with Gasteiger partial charge in [0.1, 0.15) is 17.0 Å². The molecule has 0 aromatic heterocycles. The molecule has 24 heavy (non-hydrogen) atoms. The van der Waals surface area contributed by atoms with Crippen LogP contribution in [0.1, 0.15) is 16.5 Å². The topological polar surface area (TPSA) is 20.3 Å². The summed E-state index contributed by atoms with van der Waals surface area (Å²) >= 11 is 5.08. The fourth-order valence-electron chi connectivity index (χ4n) is 2.50. The minimum absolute atomic E-state index is 0.0624. The van der Waals surface area contributed by atoms with Gasteiger partial charge in [0.2, 0.25) is 5.91 Å². The molecule has 1 atom stereocenters. The Balaban J connectivity index is 1.77. The van der Waals surface area contributed by atoms with E-state index in [1.165, 1.54) is 12.2 Å². The Bertz CT molecular complexity index is 779. The van der Waals surface area contributed by atoms with Crippen LogP contribution in [0.2, 0.25) is 0 Å². The molecule has 0 bridgehead atoms. The zero-order chi connectivity index (χ0) is 17.1. The maximum atomic E-state index is 13.6. The largest absolute Gasteiger partial charge is 0.322 e. The van der Waals surface area contributed by atoms with Gasteiger partial charge in [-0.3, -0.25) is 4.79 Å². The van der Waals surface area contributed by atoms with Crippen LogP contribution >= 0.6 is 27.7 Å². The smallest absolute Gasteiger partial charge is 0.247 e. The first kappa shape index (κ1) is 17.2. The number of halogens is 3. The maximum absolute atomic E-state index is 13.6. The zero-order valence-electron chi connectivity index (χ0n) is 12.6. The number of hydrogen-bond donors (Lipinski definition) is 0. The second kappa shape index (κ2) is 7.49. The molecule has 1 fully saturated rings. The first-order valence-corrected chi connectivity index (χ1v) is 9.19. The summed E-state index contributed by atoms with van der Waals surface area (Å²) in [5.41, 5.74) is 1.11. The van der Waals surface area contributed by atoms with E-state index in [1.807, 2.05) is 24.3 Å². The molecule has 3 rings (SSSR count). The molecule has 1 unspecified atom stereocenters. The van der Waals surface area contributed by atoms with Crippen molar-refractivity contribution in [3.05, 3.63) is 75.8 Å². The minimum Gasteiger partial charge on any atom is -0.322 e. The van der Waals surface area contributed by atoms with Crippen molar-refractivity contribution >= 4 is 39.7 Å². The second-order valence-corrected chi connectivity index (χ2v) is 7.41. The highest BCUT2D eigenvalue weighted by atomic mass is 79.9. The molecule has 0 aliphatic carbocycles. The molecule has 124 valence electrons. The van der Waals surface area contributed by atoms with E-state index < -0.39 is 11.6 Å². The van der Waals surface area contributed by atoms with Crippen molar-refractivity contribution < 1.29 is 13.6 Å². The SMILES string of the molecule is O=C(/C=C/c1cc(F)ccc1F)N1CCSC1c1ccc(Br)cc1. The predicted octanol–water partition coefficient (Wildman–Crippen LogP) is 5.01. The Morgan fingerprint density at radius 1 is 1.21 bits per heavy atom. The van der Waals surface area contributed by atoms with Crippen molar-refractivity contribution in [2.75, 3.05) is 12.3 Å². The molecule has 0 spiro atoms. The number of rotatable bonds is 3. The van der Waals surface area contributed by atoms with Gasteiger partial charge in [-0.05, 0) is 42.0 Å². The van der Waals surface area contributed by atoms with Crippen LogP contribution in [0.5, 0.6) is 0 Å². The van der Waals surface area contributed by atoms with Gasteiger partial charge in [0, 0.05) is 28.4 Å². The number of amides is 1. The van der Waals surface area contributed by atoms with Crippen molar-refractivity contribution in [3.8, 4) is 0 Å². The molecule has 0 saturated carbocycles. The average Bonchev–Trinajstić information content (AvgIpc) is 3.06. The monoisotopic (exact) mass is 409 g/mol. The van der Waals surface area contributed by atoms with Crippen molar-refractivity contribution in [1.29, 1.82) is 0 Å². The zero-order valence-corrected chi connectivity index (χ0v) is 15.0. The Morgan fingerprint density at radius 2 is 1.96 bits per heavy atom. The van der Waals surface area contributed by atoms with Crippen molar-refractivity contribution in [3.63, 3.8) is 0 Å². The highest BCUT2D eigenvalue weighted by Crippen LogP contribution is 2.38. The van der Waals surface area contributed by atoms with Gasteiger partial charge in [0.15, 0.2) is 0 Å². The van der Waals surface area contributed by atoms with Crippen LogP contribution in [0.3, 0.4) is 0 Å². The van der Waals surface area contributed by atoms with Crippen LogP contribution in [0.25, 0.3) is 6.08 Å². The van der Waals surface area contributed by atoms with Crippen LogP contribution < -0.4 is 0 Å². The normalized spacial score (nSPS) is 17.6. The molecule has 2 nitrogen and oxygen atoms in total. The number of thioether (sulfide) groups is 1. The van der Waals surface area contributed by atoms with Gasteiger partial charge in [-0.15, -0.1) is 11.8 Å². The van der Waals surface area contributed by atoms with E-state index in [-0.39, 0.29) is 16.8 Å². The minimum atomic E-state index is -0.555. The van der Waals surface area contributed by atoms with Crippen LogP contribution in [0.4, 0.5) is 8.78 Å². The van der Waals surface area contributed by atoms with Crippen LogP contribution in [0.15, 0.2) is 53.0 Å². The molecule has 0 N–H and O–H groups in total. The van der Waals surface area contributed by atoms with E-state index in [0.29, 0.717) is 6.54 Å². The van der Waals surface area contributed by atoms with Crippen molar-refractivity contribution in [1.82, 2.24) is 4.90 Å². The summed E-state index contributed by atoms with van der Waals surface area (Å²) in [5, 5.41) is -0.0624. The first-order chi connectivity index (χ1) is 11.5. The molecular formula is C18H14BrF2NOS. The van der Waals surface area contributed by atoms with Gasteiger partial charge in [0.25, 0.3) is 0 Å². The molecule has 1 amide bonds. The van der Waals surface area contributed by atoms with Gasteiger partial charge >= 0.3 is 0 Å². The number of hydrogen-bond acceptors (Lipinski definition) is 2. The van der Waals surface area contributed by atoms with Gasteiger partial charge in [-0.1, -0.05) is 28.1 Å². The summed E-state index contributed by atoms with van der Waals surface area (Å²) in [6.45, 7) is 0.625. The molecule has 1 aliphatic rings. The number of nitrogens with zero attached hydrogens (tertiary/aromatic N) is 1. The third-order valence-corrected chi connectivity index (χ3v) is 5.48. The quantitative estimate of drug-likeness (QED) is 0.663. The van der Waals surface area contributed by atoms with Gasteiger partial charge in [0.05, 0.1) is 0 Å². The Kier molecular flexibility index (Phi) is 5.36. The van der Waals surface area contributed by atoms with Crippen LogP contribution in [0, 0.1) is 11.6 Å². The van der Waals surface area contributed by atoms with Gasteiger partial charge < -0.3 is 4.90 Å². The lowest BCUT2D eigenvalue weighted by Gasteiger charge is -2.22. The average molecular weight is 410 g/mol. The van der Waals surface area contributed by atoms with E-state index >= 15 is 0 Å². The third kappa shape index (κ3) is 3.87. The lowest BCUT2D eigenvalue weighted by Crippen LogP contribution is -2.28. The predicted molar refractivity (Wildman–Crippen MR) is 96.4 cm³/mol. The number of carbonyl (C=O) groups excluding carboxylic acids is 1. The van der Waals surface area contributed by atoms with E-state index in [9.17, 15) is 13.6 Å². The molecule has 1 saturated heterocycles. The third-order valence-electron chi connectivity index (χ3n) is 3.69. The summed E-state index contributed by atoms with van der Waals surface area (Å²) < 4.78 is 27.8. The molecule has 2 aromatic carbocycles. The number of carbonyl (C=O) groups is 1. The molecule has 1 aliphatic heterocycles. The highest BCUT2D eigenvalue weighted by Gasteiger charge is 2.29. The summed E-state index contributed by atoms with van der Waals surface area (Å²) in [7, 11) is 0. The Hall–Kier alpha value is -1.66. The van der Waals surface area contributed by atoms with Crippen LogP contribution in [-0.2, 0) is 4.79 Å². The first-order valence-electron chi connectivity index (χ1n) is 7.35. The molecule has 1 heterocycles. The highest BCUT2D eigenvalue weighted by molar-refractivity contribution is 9.10. The number of benzene rings is 2. The van der Waals surface area contributed by atoms with Gasteiger partial charge in [-0.2, -0.15) is 0 Å². The second-order valence-electron chi connectivity index (χ2n) is 5.31. The summed E-state index contributed by atoms with van der Waals surface area (Å²) in [6.07, 6.45) is 2.62. The summed E-state index contributed by atoms with van der Waals surface area (Å²) in [6, 6.07) is 11.0. The van der Waals surface area contributed by atoms with E-state index in [4.69, 9.17) is 0 Å². The Morgan fingerprint density at radius 3 is 2.71 bits per heavy atom. The van der Waals surface area contributed by atoms with Crippen molar-refractivity contribution in [2.24, 2.45) is 0 Å². The van der Waals surface area contributed by atoms with E-state index in [0.717, 1.165) is 34.0 Å². The maximum Gasteiger partial charge on any atom is 0.247 e.